The average molecular weight is 297 g/mol. The lowest BCUT2D eigenvalue weighted by molar-refractivity contribution is -0.138. The largest absolute Gasteiger partial charge is 0.480 e. The molecule has 120 valence electrons. The zero-order chi connectivity index (χ0) is 15.4. The van der Waals surface area contributed by atoms with Crippen molar-refractivity contribution in [3.63, 3.8) is 0 Å². The van der Waals surface area contributed by atoms with Gasteiger partial charge < -0.3 is 14.9 Å². The standard InChI is InChI=1S/C15H27N3O3/c1-3-13-6-5-12(2)18(13)15(21)17-8-4-7-16(9-10-17)11-14(19)20/h12-13H,3-11H2,1-2H3,(H,19,20). The first-order valence-electron chi connectivity index (χ1n) is 8.04. The van der Waals surface area contributed by atoms with Crippen LogP contribution in [0.4, 0.5) is 4.79 Å². The number of urea groups is 1. The van der Waals surface area contributed by atoms with Crippen LogP contribution in [0.1, 0.15) is 39.5 Å². The fourth-order valence-corrected chi connectivity index (χ4v) is 3.49. The van der Waals surface area contributed by atoms with Crippen molar-refractivity contribution in [3.8, 4) is 0 Å². The summed E-state index contributed by atoms with van der Waals surface area (Å²) >= 11 is 0. The van der Waals surface area contributed by atoms with Gasteiger partial charge in [-0.1, -0.05) is 6.92 Å². The maximum absolute atomic E-state index is 12.8. The average Bonchev–Trinajstić information content (AvgIpc) is 2.66. The number of carbonyl (C=O) groups is 2. The Morgan fingerprint density at radius 3 is 2.57 bits per heavy atom. The van der Waals surface area contributed by atoms with Crippen LogP contribution >= 0.6 is 0 Å². The minimum Gasteiger partial charge on any atom is -0.480 e. The molecule has 21 heavy (non-hydrogen) atoms. The SMILES string of the molecule is CCC1CCC(C)N1C(=O)N1CCCN(CC(=O)O)CC1. The Balaban J connectivity index is 1.95. The molecule has 6 nitrogen and oxygen atoms in total. The highest BCUT2D eigenvalue weighted by Crippen LogP contribution is 2.27. The molecule has 0 aromatic rings. The molecule has 2 saturated heterocycles. The number of nitrogens with zero attached hydrogens (tertiary/aromatic N) is 3. The van der Waals surface area contributed by atoms with E-state index in [1.165, 1.54) is 0 Å². The van der Waals surface area contributed by atoms with E-state index in [-0.39, 0.29) is 12.6 Å². The summed E-state index contributed by atoms with van der Waals surface area (Å²) < 4.78 is 0. The first-order valence-corrected chi connectivity index (χ1v) is 8.04. The molecule has 2 atom stereocenters. The van der Waals surface area contributed by atoms with Gasteiger partial charge in [0.25, 0.3) is 0 Å². The molecule has 0 aromatic carbocycles. The van der Waals surface area contributed by atoms with Gasteiger partial charge in [0.05, 0.1) is 6.54 Å². The quantitative estimate of drug-likeness (QED) is 0.856. The molecule has 2 fully saturated rings. The second-order valence-corrected chi connectivity index (χ2v) is 6.19. The molecule has 0 spiro atoms. The Morgan fingerprint density at radius 2 is 1.90 bits per heavy atom. The van der Waals surface area contributed by atoms with E-state index in [1.54, 1.807) is 0 Å². The third kappa shape index (κ3) is 3.87. The molecular formula is C15H27N3O3. The number of aliphatic carboxylic acids is 1. The van der Waals surface area contributed by atoms with Gasteiger partial charge in [-0.2, -0.15) is 0 Å². The Hall–Kier alpha value is -1.30. The Morgan fingerprint density at radius 1 is 1.14 bits per heavy atom. The molecule has 0 aromatic heterocycles. The molecule has 2 heterocycles. The maximum atomic E-state index is 12.8. The van der Waals surface area contributed by atoms with E-state index in [9.17, 15) is 9.59 Å². The molecule has 0 bridgehead atoms. The van der Waals surface area contributed by atoms with Crippen LogP contribution in [0.15, 0.2) is 0 Å². The molecule has 2 aliphatic rings. The van der Waals surface area contributed by atoms with Gasteiger partial charge in [0.15, 0.2) is 0 Å². The molecular weight excluding hydrogens is 270 g/mol. The first kappa shape index (κ1) is 16.1. The number of rotatable bonds is 3. The molecule has 2 aliphatic heterocycles. The van der Waals surface area contributed by atoms with Crippen molar-refractivity contribution in [1.29, 1.82) is 0 Å². The van der Waals surface area contributed by atoms with Crippen molar-refractivity contribution in [2.24, 2.45) is 0 Å². The lowest BCUT2D eigenvalue weighted by atomic mass is 10.2. The zero-order valence-corrected chi connectivity index (χ0v) is 13.1. The number of carboxylic acids is 1. The van der Waals surface area contributed by atoms with Crippen molar-refractivity contribution in [2.75, 3.05) is 32.7 Å². The first-order chi connectivity index (χ1) is 10.0. The van der Waals surface area contributed by atoms with Crippen LogP contribution in [0.2, 0.25) is 0 Å². The summed E-state index contributed by atoms with van der Waals surface area (Å²) in [6.45, 7) is 7.10. The highest BCUT2D eigenvalue weighted by atomic mass is 16.4. The van der Waals surface area contributed by atoms with Crippen LogP contribution in [0.3, 0.4) is 0 Å². The lowest BCUT2D eigenvalue weighted by Gasteiger charge is -2.33. The molecule has 0 aliphatic carbocycles. The second kappa shape index (κ2) is 7.11. The minimum absolute atomic E-state index is 0.0692. The van der Waals surface area contributed by atoms with Gasteiger partial charge in [-0.3, -0.25) is 9.69 Å². The van der Waals surface area contributed by atoms with Gasteiger partial charge >= 0.3 is 12.0 Å². The highest BCUT2D eigenvalue weighted by molar-refractivity contribution is 5.75. The van der Waals surface area contributed by atoms with Crippen molar-refractivity contribution in [1.82, 2.24) is 14.7 Å². The number of likely N-dealkylation sites (tertiary alicyclic amines) is 1. The second-order valence-electron chi connectivity index (χ2n) is 6.19. The summed E-state index contributed by atoms with van der Waals surface area (Å²) in [5.74, 6) is -0.797. The monoisotopic (exact) mass is 297 g/mol. The summed E-state index contributed by atoms with van der Waals surface area (Å²) in [4.78, 5) is 29.5. The summed E-state index contributed by atoms with van der Waals surface area (Å²) in [5.41, 5.74) is 0. The van der Waals surface area contributed by atoms with Crippen LogP contribution in [0.25, 0.3) is 0 Å². The molecule has 2 amide bonds. The number of hydrogen-bond acceptors (Lipinski definition) is 3. The van der Waals surface area contributed by atoms with E-state index < -0.39 is 5.97 Å². The van der Waals surface area contributed by atoms with Crippen LogP contribution < -0.4 is 0 Å². The van der Waals surface area contributed by atoms with Crippen LogP contribution in [-0.4, -0.2) is 76.6 Å². The van der Waals surface area contributed by atoms with Crippen molar-refractivity contribution in [2.45, 2.75) is 51.6 Å². The summed E-state index contributed by atoms with van der Waals surface area (Å²) in [5, 5.41) is 8.88. The Kier molecular flexibility index (Phi) is 5.45. The van der Waals surface area contributed by atoms with Gasteiger partial charge in [-0.15, -0.1) is 0 Å². The molecule has 6 heteroatoms. The zero-order valence-electron chi connectivity index (χ0n) is 13.1. The van der Waals surface area contributed by atoms with Gasteiger partial charge in [0.1, 0.15) is 0 Å². The predicted octanol–water partition coefficient (Wildman–Crippen LogP) is 1.46. The van der Waals surface area contributed by atoms with E-state index in [2.05, 4.69) is 13.8 Å². The van der Waals surface area contributed by atoms with Crippen molar-refractivity contribution >= 4 is 12.0 Å². The topological polar surface area (TPSA) is 64.1 Å². The summed E-state index contributed by atoms with van der Waals surface area (Å²) in [6.07, 6.45) is 4.04. The number of amides is 2. The fourth-order valence-electron chi connectivity index (χ4n) is 3.49. The smallest absolute Gasteiger partial charge is 0.320 e. The van der Waals surface area contributed by atoms with E-state index in [0.717, 1.165) is 38.8 Å². The van der Waals surface area contributed by atoms with Gasteiger partial charge in [0.2, 0.25) is 0 Å². The Labute approximate surface area is 126 Å². The molecule has 2 rings (SSSR count). The third-order valence-electron chi connectivity index (χ3n) is 4.70. The van der Waals surface area contributed by atoms with E-state index in [0.29, 0.717) is 25.2 Å². The summed E-state index contributed by atoms with van der Waals surface area (Å²) in [7, 11) is 0. The molecule has 2 unspecified atom stereocenters. The summed E-state index contributed by atoms with van der Waals surface area (Å²) in [6, 6.07) is 0.829. The van der Waals surface area contributed by atoms with Gasteiger partial charge in [0, 0.05) is 38.3 Å². The van der Waals surface area contributed by atoms with E-state index >= 15 is 0 Å². The molecule has 1 N–H and O–H groups in total. The Bertz CT molecular complexity index is 388. The van der Waals surface area contributed by atoms with Gasteiger partial charge in [-0.05, 0) is 32.6 Å². The highest BCUT2D eigenvalue weighted by Gasteiger charge is 2.36. The lowest BCUT2D eigenvalue weighted by Crippen LogP contribution is -2.49. The van der Waals surface area contributed by atoms with E-state index in [4.69, 9.17) is 5.11 Å². The van der Waals surface area contributed by atoms with Crippen LogP contribution in [-0.2, 0) is 4.79 Å². The normalized spacial score (nSPS) is 27.7. The number of carbonyl (C=O) groups excluding carboxylic acids is 1. The fraction of sp³-hybridized carbons (Fsp3) is 0.867. The van der Waals surface area contributed by atoms with E-state index in [1.807, 2.05) is 14.7 Å². The predicted molar refractivity (Wildman–Crippen MR) is 80.3 cm³/mol. The number of carboxylic acid groups (broad SMARTS) is 1. The third-order valence-corrected chi connectivity index (χ3v) is 4.70. The minimum atomic E-state index is -0.797. The van der Waals surface area contributed by atoms with Crippen LogP contribution in [0, 0.1) is 0 Å². The molecule has 0 radical (unpaired) electrons. The van der Waals surface area contributed by atoms with Crippen LogP contribution in [0.5, 0.6) is 0 Å². The van der Waals surface area contributed by atoms with Crippen molar-refractivity contribution < 1.29 is 14.7 Å². The van der Waals surface area contributed by atoms with Crippen molar-refractivity contribution in [3.05, 3.63) is 0 Å². The molecule has 0 saturated carbocycles. The van der Waals surface area contributed by atoms with Gasteiger partial charge in [-0.25, -0.2) is 4.79 Å². The maximum Gasteiger partial charge on any atom is 0.320 e. The number of hydrogen-bond donors (Lipinski definition) is 1.